The highest BCUT2D eigenvalue weighted by Gasteiger charge is 2.14. The van der Waals surface area contributed by atoms with Gasteiger partial charge in [0, 0.05) is 0 Å². The Kier molecular flexibility index (Phi) is 5.19. The van der Waals surface area contributed by atoms with E-state index in [4.69, 9.17) is 0 Å². The minimum absolute atomic E-state index is 1.09. The van der Waals surface area contributed by atoms with Crippen LogP contribution in [0.1, 0.15) is 51.9 Å². The molecule has 0 saturated heterocycles. The standard InChI is InChI=1S/C10H20P/c1-2-3-6-9-11-10-7-4-5-8-10/h10H,2-9H2,1H3. The largest absolute Gasteiger partial charge is 0.0775 e. The summed E-state index contributed by atoms with van der Waals surface area (Å²) in [6, 6.07) is 0. The zero-order valence-corrected chi connectivity index (χ0v) is 8.58. The summed E-state index contributed by atoms with van der Waals surface area (Å²) in [5.41, 5.74) is 1.09. The second-order valence-electron chi connectivity index (χ2n) is 3.55. The van der Waals surface area contributed by atoms with Gasteiger partial charge >= 0.3 is 0 Å². The molecule has 1 radical (unpaired) electrons. The highest BCUT2D eigenvalue weighted by Crippen LogP contribution is 2.34. The molecular weight excluding hydrogens is 151 g/mol. The van der Waals surface area contributed by atoms with Gasteiger partial charge in [0.05, 0.1) is 0 Å². The fourth-order valence-electron chi connectivity index (χ4n) is 1.72. The van der Waals surface area contributed by atoms with Crippen molar-refractivity contribution in [3.05, 3.63) is 0 Å². The molecule has 1 fully saturated rings. The van der Waals surface area contributed by atoms with Gasteiger partial charge < -0.3 is 0 Å². The van der Waals surface area contributed by atoms with Crippen molar-refractivity contribution in [3.8, 4) is 0 Å². The van der Waals surface area contributed by atoms with E-state index in [0.29, 0.717) is 0 Å². The average molecular weight is 171 g/mol. The molecule has 0 bridgehead atoms. The van der Waals surface area contributed by atoms with Crippen LogP contribution in [0.4, 0.5) is 0 Å². The van der Waals surface area contributed by atoms with Crippen LogP contribution in [0.2, 0.25) is 0 Å². The van der Waals surface area contributed by atoms with Crippen molar-refractivity contribution in [1.82, 2.24) is 0 Å². The lowest BCUT2D eigenvalue weighted by Gasteiger charge is -2.06. The van der Waals surface area contributed by atoms with E-state index in [0.717, 1.165) is 5.66 Å². The van der Waals surface area contributed by atoms with E-state index in [2.05, 4.69) is 6.92 Å². The number of rotatable bonds is 5. The Labute approximate surface area is 72.9 Å². The summed E-state index contributed by atoms with van der Waals surface area (Å²) in [4.78, 5) is 0. The van der Waals surface area contributed by atoms with Crippen molar-refractivity contribution >= 4 is 8.58 Å². The third kappa shape index (κ3) is 4.11. The Balaban J connectivity index is 1.86. The first-order chi connectivity index (χ1) is 5.43. The maximum atomic E-state index is 2.28. The van der Waals surface area contributed by atoms with Gasteiger partial charge in [0.15, 0.2) is 0 Å². The summed E-state index contributed by atoms with van der Waals surface area (Å²) < 4.78 is 0. The first-order valence-corrected chi connectivity index (χ1v) is 6.25. The number of unbranched alkanes of at least 4 members (excludes halogenated alkanes) is 2. The highest BCUT2D eigenvalue weighted by atomic mass is 31.1. The van der Waals surface area contributed by atoms with Crippen LogP contribution in [-0.4, -0.2) is 11.8 Å². The quantitative estimate of drug-likeness (QED) is 0.432. The molecule has 0 heterocycles. The second kappa shape index (κ2) is 6.00. The van der Waals surface area contributed by atoms with Gasteiger partial charge in [-0.2, -0.15) is 0 Å². The van der Waals surface area contributed by atoms with Gasteiger partial charge in [0.2, 0.25) is 0 Å². The van der Waals surface area contributed by atoms with E-state index in [1.165, 1.54) is 51.1 Å². The van der Waals surface area contributed by atoms with E-state index in [9.17, 15) is 0 Å². The molecule has 1 heteroatoms. The molecule has 0 amide bonds. The Morgan fingerprint density at radius 2 is 1.91 bits per heavy atom. The molecule has 1 rings (SSSR count). The minimum Gasteiger partial charge on any atom is -0.0775 e. The number of hydrogen-bond acceptors (Lipinski definition) is 0. The molecule has 0 aliphatic heterocycles. The molecule has 1 aliphatic carbocycles. The Morgan fingerprint density at radius 1 is 1.18 bits per heavy atom. The average Bonchev–Trinajstić information content (AvgIpc) is 2.50. The number of hydrogen-bond donors (Lipinski definition) is 0. The molecule has 0 unspecified atom stereocenters. The Bertz CT molecular complexity index is 84.9. The van der Waals surface area contributed by atoms with Crippen LogP contribution < -0.4 is 0 Å². The third-order valence-corrected chi connectivity index (χ3v) is 4.08. The summed E-state index contributed by atoms with van der Waals surface area (Å²) in [5.74, 6) is 0. The molecule has 0 nitrogen and oxygen atoms in total. The van der Waals surface area contributed by atoms with E-state index < -0.39 is 0 Å². The van der Waals surface area contributed by atoms with Gasteiger partial charge in [-0.3, -0.25) is 0 Å². The summed E-state index contributed by atoms with van der Waals surface area (Å²) in [5, 5.41) is 0. The molecule has 1 aliphatic rings. The van der Waals surface area contributed by atoms with E-state index >= 15 is 0 Å². The topological polar surface area (TPSA) is 0 Å². The van der Waals surface area contributed by atoms with Crippen LogP contribution in [0.5, 0.6) is 0 Å². The second-order valence-corrected chi connectivity index (χ2v) is 5.09. The monoisotopic (exact) mass is 171 g/mol. The molecule has 0 aromatic heterocycles. The van der Waals surface area contributed by atoms with Crippen LogP contribution in [0.25, 0.3) is 0 Å². The highest BCUT2D eigenvalue weighted by molar-refractivity contribution is 7.38. The van der Waals surface area contributed by atoms with E-state index in [1.54, 1.807) is 8.58 Å². The summed E-state index contributed by atoms with van der Waals surface area (Å²) in [6.45, 7) is 2.28. The first-order valence-electron chi connectivity index (χ1n) is 5.10. The van der Waals surface area contributed by atoms with Gasteiger partial charge in [-0.25, -0.2) is 0 Å². The Hall–Kier alpha value is 0.430. The summed E-state index contributed by atoms with van der Waals surface area (Å²) in [6.07, 6.45) is 11.8. The van der Waals surface area contributed by atoms with Gasteiger partial charge in [0.25, 0.3) is 0 Å². The molecule has 1 saturated carbocycles. The van der Waals surface area contributed by atoms with Crippen molar-refractivity contribution in [1.29, 1.82) is 0 Å². The van der Waals surface area contributed by atoms with Crippen LogP contribution >= 0.6 is 8.58 Å². The maximum Gasteiger partial charge on any atom is -0.0170 e. The smallest absolute Gasteiger partial charge is 0.0170 e. The Morgan fingerprint density at radius 3 is 2.55 bits per heavy atom. The third-order valence-electron chi connectivity index (χ3n) is 2.47. The molecule has 0 aromatic rings. The van der Waals surface area contributed by atoms with Crippen LogP contribution in [0.3, 0.4) is 0 Å². The van der Waals surface area contributed by atoms with Crippen molar-refractivity contribution in [2.45, 2.75) is 57.5 Å². The predicted molar refractivity (Wildman–Crippen MR) is 53.6 cm³/mol. The maximum absolute atomic E-state index is 2.28. The fraction of sp³-hybridized carbons (Fsp3) is 1.00. The van der Waals surface area contributed by atoms with Crippen LogP contribution in [0.15, 0.2) is 0 Å². The lowest BCUT2D eigenvalue weighted by molar-refractivity contribution is 0.772. The van der Waals surface area contributed by atoms with Gasteiger partial charge in [-0.15, -0.1) is 0 Å². The van der Waals surface area contributed by atoms with Crippen molar-refractivity contribution in [2.24, 2.45) is 0 Å². The van der Waals surface area contributed by atoms with Crippen molar-refractivity contribution in [2.75, 3.05) is 6.16 Å². The summed E-state index contributed by atoms with van der Waals surface area (Å²) >= 11 is 0. The lowest BCUT2D eigenvalue weighted by Crippen LogP contribution is -1.92. The lowest BCUT2D eigenvalue weighted by atomic mass is 10.3. The van der Waals surface area contributed by atoms with Gasteiger partial charge in [-0.05, 0) is 31.1 Å². The summed E-state index contributed by atoms with van der Waals surface area (Å²) in [7, 11) is 1.76. The fourth-order valence-corrected chi connectivity index (χ4v) is 3.22. The van der Waals surface area contributed by atoms with Crippen LogP contribution in [0, 0.1) is 0 Å². The van der Waals surface area contributed by atoms with Gasteiger partial charge in [0.1, 0.15) is 0 Å². The molecule has 0 aromatic carbocycles. The molecule has 65 valence electrons. The zero-order chi connectivity index (χ0) is 7.94. The van der Waals surface area contributed by atoms with Gasteiger partial charge in [-0.1, -0.05) is 41.2 Å². The zero-order valence-electron chi connectivity index (χ0n) is 7.68. The first kappa shape index (κ1) is 9.52. The molecule has 0 spiro atoms. The molecule has 11 heavy (non-hydrogen) atoms. The molecular formula is C10H20P. The van der Waals surface area contributed by atoms with E-state index in [-0.39, 0.29) is 0 Å². The van der Waals surface area contributed by atoms with Crippen molar-refractivity contribution in [3.63, 3.8) is 0 Å². The minimum atomic E-state index is 1.09. The van der Waals surface area contributed by atoms with E-state index in [1.807, 2.05) is 0 Å². The molecule has 0 atom stereocenters. The molecule has 0 N–H and O–H groups in total. The normalized spacial score (nSPS) is 20.5. The van der Waals surface area contributed by atoms with Crippen molar-refractivity contribution < 1.29 is 0 Å². The van der Waals surface area contributed by atoms with Crippen LogP contribution in [-0.2, 0) is 0 Å². The predicted octanol–water partition coefficient (Wildman–Crippen LogP) is 4.07. The SMILES string of the molecule is CCCCC[P]C1CCCC1.